The molecule has 0 bridgehead atoms. The molecule has 0 unspecified atom stereocenters. The summed E-state index contributed by atoms with van der Waals surface area (Å²) in [5.41, 5.74) is 5.36. The second kappa shape index (κ2) is 8.41. The molecule has 1 N–H and O–H groups in total. The van der Waals surface area contributed by atoms with E-state index in [0.717, 1.165) is 11.3 Å². The maximum absolute atomic E-state index is 12.1. The highest BCUT2D eigenvalue weighted by Gasteiger charge is 2.17. The third-order valence-corrected chi connectivity index (χ3v) is 4.26. The van der Waals surface area contributed by atoms with Crippen molar-refractivity contribution in [2.24, 2.45) is 5.10 Å². The van der Waals surface area contributed by atoms with Crippen LogP contribution in [0.2, 0.25) is 0 Å². The molecule has 1 aliphatic rings. The minimum absolute atomic E-state index is 0.0293. The van der Waals surface area contributed by atoms with Crippen LogP contribution in [0.1, 0.15) is 21.5 Å². The standard InChI is InChI=1S/C19H20N4O4/c1-14-2-4-15(5-3-14)19(24)21-20-13-16-12-17(23(25)26)6-7-18(16)22-8-10-27-11-9-22/h2-7,12-13H,8-11H2,1H3,(H,21,24)/b20-13-. The second-order valence-electron chi connectivity index (χ2n) is 6.16. The highest BCUT2D eigenvalue weighted by molar-refractivity contribution is 5.95. The predicted octanol–water partition coefficient (Wildman–Crippen LogP) is 2.50. The molecule has 140 valence electrons. The van der Waals surface area contributed by atoms with Gasteiger partial charge in [0, 0.05) is 42.0 Å². The molecule has 1 aliphatic heterocycles. The summed E-state index contributed by atoms with van der Waals surface area (Å²) in [5.74, 6) is -0.343. The Kier molecular flexibility index (Phi) is 5.77. The highest BCUT2D eigenvalue weighted by Crippen LogP contribution is 2.25. The number of morpholine rings is 1. The first kappa shape index (κ1) is 18.5. The molecule has 0 radical (unpaired) electrons. The molecule has 27 heavy (non-hydrogen) atoms. The van der Waals surface area contributed by atoms with Gasteiger partial charge < -0.3 is 9.64 Å². The van der Waals surface area contributed by atoms with Crippen LogP contribution in [0.4, 0.5) is 11.4 Å². The molecule has 1 saturated heterocycles. The van der Waals surface area contributed by atoms with E-state index in [4.69, 9.17) is 4.74 Å². The van der Waals surface area contributed by atoms with Gasteiger partial charge >= 0.3 is 0 Å². The van der Waals surface area contributed by atoms with E-state index >= 15 is 0 Å². The van der Waals surface area contributed by atoms with E-state index in [9.17, 15) is 14.9 Å². The summed E-state index contributed by atoms with van der Waals surface area (Å²) >= 11 is 0. The topological polar surface area (TPSA) is 97.1 Å². The quantitative estimate of drug-likeness (QED) is 0.497. The second-order valence-corrected chi connectivity index (χ2v) is 6.16. The van der Waals surface area contributed by atoms with Gasteiger partial charge in [0.05, 0.1) is 24.4 Å². The fourth-order valence-electron chi connectivity index (χ4n) is 2.78. The normalized spacial score (nSPS) is 14.3. The Labute approximate surface area is 156 Å². The van der Waals surface area contributed by atoms with Crippen molar-refractivity contribution in [1.82, 2.24) is 5.43 Å². The molecule has 2 aromatic carbocycles. The van der Waals surface area contributed by atoms with Crippen LogP contribution in [0.15, 0.2) is 47.6 Å². The van der Waals surface area contributed by atoms with Crippen LogP contribution in [-0.4, -0.2) is 43.3 Å². The molecular formula is C19H20N4O4. The van der Waals surface area contributed by atoms with Gasteiger partial charge in [0.1, 0.15) is 0 Å². The van der Waals surface area contributed by atoms with E-state index in [1.807, 2.05) is 19.1 Å². The molecule has 8 heteroatoms. The molecule has 8 nitrogen and oxygen atoms in total. The molecule has 0 aliphatic carbocycles. The van der Waals surface area contributed by atoms with Crippen LogP contribution in [0.5, 0.6) is 0 Å². The summed E-state index contributed by atoms with van der Waals surface area (Å²) in [4.78, 5) is 24.9. The lowest BCUT2D eigenvalue weighted by Crippen LogP contribution is -2.36. The van der Waals surface area contributed by atoms with Gasteiger partial charge in [-0.15, -0.1) is 0 Å². The molecule has 0 aromatic heterocycles. The molecule has 0 atom stereocenters. The Hall–Kier alpha value is -3.26. The summed E-state index contributed by atoms with van der Waals surface area (Å²) in [5, 5.41) is 15.1. The van der Waals surface area contributed by atoms with Crippen molar-refractivity contribution in [3.8, 4) is 0 Å². The van der Waals surface area contributed by atoms with Gasteiger partial charge in [-0.05, 0) is 25.1 Å². The van der Waals surface area contributed by atoms with Crippen LogP contribution in [0, 0.1) is 17.0 Å². The molecule has 3 rings (SSSR count). The van der Waals surface area contributed by atoms with E-state index in [-0.39, 0.29) is 11.6 Å². The molecule has 1 heterocycles. The van der Waals surface area contributed by atoms with Gasteiger partial charge in [-0.2, -0.15) is 5.10 Å². The Morgan fingerprint density at radius 1 is 1.22 bits per heavy atom. The van der Waals surface area contributed by atoms with Crippen LogP contribution in [-0.2, 0) is 4.74 Å². The zero-order valence-electron chi connectivity index (χ0n) is 14.9. The molecule has 0 spiro atoms. The number of nitrogens with one attached hydrogen (secondary N) is 1. The maximum Gasteiger partial charge on any atom is 0.271 e. The number of nitro groups is 1. The first-order valence-electron chi connectivity index (χ1n) is 8.56. The van der Waals surface area contributed by atoms with Crippen LogP contribution < -0.4 is 10.3 Å². The van der Waals surface area contributed by atoms with Crippen molar-refractivity contribution in [2.45, 2.75) is 6.92 Å². The van der Waals surface area contributed by atoms with Crippen molar-refractivity contribution in [3.05, 3.63) is 69.3 Å². The Morgan fingerprint density at radius 2 is 1.93 bits per heavy atom. The number of carbonyl (C=O) groups is 1. The summed E-state index contributed by atoms with van der Waals surface area (Å²) in [6.45, 7) is 4.51. The number of carbonyl (C=O) groups excluding carboxylic acids is 1. The monoisotopic (exact) mass is 368 g/mol. The first-order chi connectivity index (χ1) is 13.0. The number of non-ortho nitro benzene ring substituents is 1. The SMILES string of the molecule is Cc1ccc(C(=O)N/N=C\c2cc([N+](=O)[O-])ccc2N2CCOCC2)cc1. The summed E-state index contributed by atoms with van der Waals surface area (Å²) in [7, 11) is 0. The number of ether oxygens (including phenoxy) is 1. The molecule has 2 aromatic rings. The average molecular weight is 368 g/mol. The summed E-state index contributed by atoms with van der Waals surface area (Å²) < 4.78 is 5.35. The van der Waals surface area contributed by atoms with Gasteiger partial charge in [-0.3, -0.25) is 14.9 Å². The van der Waals surface area contributed by atoms with E-state index in [1.165, 1.54) is 18.3 Å². The lowest BCUT2D eigenvalue weighted by atomic mass is 10.1. The lowest BCUT2D eigenvalue weighted by Gasteiger charge is -2.29. The minimum atomic E-state index is -0.453. The fourth-order valence-corrected chi connectivity index (χ4v) is 2.78. The van der Waals surface area contributed by atoms with E-state index in [2.05, 4.69) is 15.4 Å². The van der Waals surface area contributed by atoms with Crippen molar-refractivity contribution < 1.29 is 14.5 Å². The van der Waals surface area contributed by atoms with Crippen LogP contribution >= 0.6 is 0 Å². The maximum atomic E-state index is 12.1. The van der Waals surface area contributed by atoms with Crippen LogP contribution in [0.25, 0.3) is 0 Å². The third-order valence-electron chi connectivity index (χ3n) is 4.26. The number of hydrogen-bond acceptors (Lipinski definition) is 6. The summed E-state index contributed by atoms with van der Waals surface area (Å²) in [6.07, 6.45) is 1.43. The highest BCUT2D eigenvalue weighted by atomic mass is 16.6. The van der Waals surface area contributed by atoms with Crippen molar-refractivity contribution >= 4 is 23.5 Å². The first-order valence-corrected chi connectivity index (χ1v) is 8.56. The van der Waals surface area contributed by atoms with Gasteiger partial charge in [-0.1, -0.05) is 17.7 Å². The molecular weight excluding hydrogens is 348 g/mol. The number of nitrogens with zero attached hydrogens (tertiary/aromatic N) is 3. The fraction of sp³-hybridized carbons (Fsp3) is 0.263. The number of hydrazone groups is 1. The number of amides is 1. The van der Waals surface area contributed by atoms with Gasteiger partial charge in [0.15, 0.2) is 0 Å². The Bertz CT molecular complexity index is 859. The van der Waals surface area contributed by atoms with E-state index in [1.54, 1.807) is 18.2 Å². The zero-order chi connectivity index (χ0) is 19.2. The Morgan fingerprint density at radius 3 is 2.59 bits per heavy atom. The number of anilines is 1. The lowest BCUT2D eigenvalue weighted by molar-refractivity contribution is -0.384. The van der Waals surface area contributed by atoms with Crippen molar-refractivity contribution in [2.75, 3.05) is 31.2 Å². The molecule has 0 saturated carbocycles. The van der Waals surface area contributed by atoms with E-state index < -0.39 is 4.92 Å². The van der Waals surface area contributed by atoms with Crippen LogP contribution in [0.3, 0.4) is 0 Å². The smallest absolute Gasteiger partial charge is 0.271 e. The zero-order valence-corrected chi connectivity index (χ0v) is 14.9. The van der Waals surface area contributed by atoms with Crippen molar-refractivity contribution in [1.29, 1.82) is 0 Å². The molecule has 1 fully saturated rings. The van der Waals surface area contributed by atoms with Gasteiger partial charge in [0.25, 0.3) is 11.6 Å². The Balaban J connectivity index is 1.79. The van der Waals surface area contributed by atoms with E-state index in [0.29, 0.717) is 37.4 Å². The van der Waals surface area contributed by atoms with Gasteiger partial charge in [0.2, 0.25) is 0 Å². The van der Waals surface area contributed by atoms with Gasteiger partial charge in [-0.25, -0.2) is 5.43 Å². The summed E-state index contributed by atoms with van der Waals surface area (Å²) in [6, 6.07) is 11.7. The number of nitro benzene ring substituents is 1. The number of benzene rings is 2. The minimum Gasteiger partial charge on any atom is -0.378 e. The average Bonchev–Trinajstić information content (AvgIpc) is 2.69. The number of aryl methyl sites for hydroxylation is 1. The number of rotatable bonds is 5. The third kappa shape index (κ3) is 4.68. The largest absolute Gasteiger partial charge is 0.378 e. The number of hydrogen-bond donors (Lipinski definition) is 1. The predicted molar refractivity (Wildman–Crippen MR) is 102 cm³/mol. The van der Waals surface area contributed by atoms with Crippen molar-refractivity contribution in [3.63, 3.8) is 0 Å². The molecule has 1 amide bonds.